The summed E-state index contributed by atoms with van der Waals surface area (Å²) >= 11 is 0. The monoisotopic (exact) mass is 483 g/mol. The minimum Gasteiger partial charge on any atom is -0.454 e. The standard InChI is InChI=1S/C27H25N5O4/c1-13(2)16-8-9-18-21(11-16)36-27(35)19-6-5-7-20(28)22(19)23(33)26(18,27)31-25(34)17-12-29-32-15(4)10-14(3)30-24(17)32/h5-13,35H,28H2,1-4H3,(H,31,34). The van der Waals surface area contributed by atoms with E-state index in [9.17, 15) is 14.7 Å². The summed E-state index contributed by atoms with van der Waals surface area (Å²) < 4.78 is 7.69. The number of carbonyl (C=O) groups is 2. The van der Waals surface area contributed by atoms with Crippen LogP contribution in [0.1, 0.15) is 68.6 Å². The molecule has 9 nitrogen and oxygen atoms in total. The second-order valence-corrected chi connectivity index (χ2v) is 9.79. The topological polar surface area (TPSA) is 132 Å². The minimum absolute atomic E-state index is 0.128. The van der Waals surface area contributed by atoms with Crippen molar-refractivity contribution in [3.63, 3.8) is 0 Å². The van der Waals surface area contributed by atoms with Crippen molar-refractivity contribution in [3.05, 3.63) is 87.9 Å². The third-order valence-electron chi connectivity index (χ3n) is 7.20. The largest absolute Gasteiger partial charge is 0.454 e. The molecule has 4 aromatic rings. The zero-order valence-corrected chi connectivity index (χ0v) is 20.3. The number of hydrogen-bond donors (Lipinski definition) is 3. The molecule has 1 aliphatic heterocycles. The van der Waals surface area contributed by atoms with Gasteiger partial charge in [0.15, 0.2) is 5.65 Å². The van der Waals surface area contributed by atoms with E-state index >= 15 is 0 Å². The molecule has 0 fully saturated rings. The number of anilines is 1. The van der Waals surface area contributed by atoms with Gasteiger partial charge in [0, 0.05) is 28.2 Å². The van der Waals surface area contributed by atoms with Gasteiger partial charge in [0.05, 0.1) is 11.8 Å². The highest BCUT2D eigenvalue weighted by Gasteiger charge is 2.72. The van der Waals surface area contributed by atoms with Gasteiger partial charge in [-0.1, -0.05) is 38.1 Å². The number of hydrogen-bond acceptors (Lipinski definition) is 7. The number of aromatic nitrogens is 3. The normalized spacial score (nSPS) is 21.9. The fourth-order valence-corrected chi connectivity index (χ4v) is 5.41. The fourth-order valence-electron chi connectivity index (χ4n) is 5.41. The highest BCUT2D eigenvalue weighted by Crippen LogP contribution is 2.59. The van der Waals surface area contributed by atoms with Gasteiger partial charge in [0.25, 0.3) is 11.7 Å². The molecule has 2 atom stereocenters. The molecule has 0 saturated heterocycles. The SMILES string of the molecule is Cc1cc(C)n2ncc(C(=O)NC34C(=O)c5c(N)cccc5C3(O)Oc3cc(C(C)C)ccc34)c2n1. The first-order valence-electron chi connectivity index (χ1n) is 11.7. The first-order valence-corrected chi connectivity index (χ1v) is 11.7. The van der Waals surface area contributed by atoms with Crippen molar-refractivity contribution in [2.24, 2.45) is 0 Å². The maximum Gasteiger partial charge on any atom is 0.271 e. The number of fused-ring (bicyclic) bond motifs is 6. The van der Waals surface area contributed by atoms with Crippen molar-refractivity contribution in [1.29, 1.82) is 0 Å². The molecular weight excluding hydrogens is 458 g/mol. The van der Waals surface area contributed by atoms with Gasteiger partial charge in [-0.3, -0.25) is 9.59 Å². The number of Topliss-reactive ketones (excluding diaryl/α,β-unsaturated/α-hetero) is 1. The zero-order chi connectivity index (χ0) is 25.6. The molecule has 182 valence electrons. The van der Waals surface area contributed by atoms with Crippen LogP contribution in [0.2, 0.25) is 0 Å². The summed E-state index contributed by atoms with van der Waals surface area (Å²) in [6.07, 6.45) is 1.40. The Balaban J connectivity index is 1.56. The molecule has 0 spiro atoms. The molecule has 0 bridgehead atoms. The molecule has 36 heavy (non-hydrogen) atoms. The van der Waals surface area contributed by atoms with Gasteiger partial charge >= 0.3 is 0 Å². The summed E-state index contributed by atoms with van der Waals surface area (Å²) in [7, 11) is 0. The Labute approximate surface area is 206 Å². The third-order valence-corrected chi connectivity index (χ3v) is 7.20. The Kier molecular flexibility index (Phi) is 4.41. The highest BCUT2D eigenvalue weighted by molar-refractivity contribution is 6.16. The second kappa shape index (κ2) is 7.14. The van der Waals surface area contributed by atoms with Crippen LogP contribution >= 0.6 is 0 Å². The first kappa shape index (κ1) is 22.2. The summed E-state index contributed by atoms with van der Waals surface area (Å²) in [5.41, 5.74) is 8.14. The first-order chi connectivity index (χ1) is 17.1. The van der Waals surface area contributed by atoms with Crippen LogP contribution in [0.3, 0.4) is 0 Å². The number of rotatable bonds is 3. The van der Waals surface area contributed by atoms with Gasteiger partial charge in [-0.15, -0.1) is 0 Å². The fraction of sp³-hybridized carbons (Fsp3) is 0.259. The van der Waals surface area contributed by atoms with Crippen molar-refractivity contribution in [2.45, 2.75) is 44.9 Å². The number of nitrogen functional groups attached to an aromatic ring is 1. The number of nitrogens with one attached hydrogen (secondary N) is 1. The summed E-state index contributed by atoms with van der Waals surface area (Å²) in [4.78, 5) is 32.4. The van der Waals surface area contributed by atoms with Crippen LogP contribution in [0.15, 0.2) is 48.7 Å². The number of benzene rings is 2. The van der Waals surface area contributed by atoms with Crippen molar-refractivity contribution >= 4 is 23.0 Å². The maximum atomic E-state index is 14.1. The Hall–Kier alpha value is -4.24. The average Bonchev–Trinajstić information content (AvgIpc) is 3.41. The lowest BCUT2D eigenvalue weighted by Crippen LogP contribution is -2.60. The van der Waals surface area contributed by atoms with Gasteiger partial charge < -0.3 is 20.9 Å². The number of ketones is 1. The van der Waals surface area contributed by atoms with Crippen LogP contribution in [0.25, 0.3) is 5.65 Å². The summed E-state index contributed by atoms with van der Waals surface area (Å²) in [5.74, 6) is -2.83. The van der Waals surface area contributed by atoms with E-state index in [0.29, 0.717) is 17.0 Å². The summed E-state index contributed by atoms with van der Waals surface area (Å²) in [6.45, 7) is 7.76. The number of nitrogens with zero attached hydrogens (tertiary/aromatic N) is 3. The van der Waals surface area contributed by atoms with Crippen LogP contribution in [0.4, 0.5) is 5.69 Å². The van der Waals surface area contributed by atoms with Gasteiger partial charge in [-0.25, -0.2) is 9.50 Å². The maximum absolute atomic E-state index is 14.1. The van der Waals surface area contributed by atoms with Crippen LogP contribution in [0.5, 0.6) is 5.75 Å². The molecule has 1 amide bonds. The lowest BCUT2D eigenvalue weighted by Gasteiger charge is -2.34. The smallest absolute Gasteiger partial charge is 0.271 e. The highest BCUT2D eigenvalue weighted by atomic mass is 16.6. The molecule has 3 heterocycles. The second-order valence-electron chi connectivity index (χ2n) is 9.79. The van der Waals surface area contributed by atoms with E-state index in [0.717, 1.165) is 17.0 Å². The molecule has 1 aliphatic carbocycles. The van der Waals surface area contributed by atoms with Crippen LogP contribution in [-0.4, -0.2) is 31.4 Å². The molecule has 6 rings (SSSR count). The van der Waals surface area contributed by atoms with E-state index in [1.165, 1.54) is 6.20 Å². The third kappa shape index (κ3) is 2.63. The molecular formula is C27H25N5O4. The molecule has 2 aromatic heterocycles. The zero-order valence-electron chi connectivity index (χ0n) is 20.3. The number of amides is 1. The lowest BCUT2D eigenvalue weighted by atomic mass is 9.82. The molecule has 2 aliphatic rings. The van der Waals surface area contributed by atoms with Gasteiger partial charge in [0.2, 0.25) is 11.3 Å². The van der Waals surface area contributed by atoms with Gasteiger partial charge in [0.1, 0.15) is 11.3 Å². The van der Waals surface area contributed by atoms with E-state index in [1.807, 2.05) is 39.8 Å². The Morgan fingerprint density at radius 3 is 2.69 bits per heavy atom. The minimum atomic E-state index is -2.19. The molecule has 2 unspecified atom stereocenters. The predicted octanol–water partition coefficient (Wildman–Crippen LogP) is 3.11. The van der Waals surface area contributed by atoms with Crippen LogP contribution in [-0.2, 0) is 11.3 Å². The van der Waals surface area contributed by atoms with Gasteiger partial charge in [-0.05, 0) is 43.5 Å². The molecule has 0 saturated carbocycles. The van der Waals surface area contributed by atoms with E-state index in [4.69, 9.17) is 10.5 Å². The van der Waals surface area contributed by atoms with Crippen molar-refractivity contribution in [3.8, 4) is 5.75 Å². The lowest BCUT2D eigenvalue weighted by molar-refractivity contribution is -0.169. The molecule has 4 N–H and O–H groups in total. The number of aryl methyl sites for hydroxylation is 2. The van der Waals surface area contributed by atoms with Crippen LogP contribution in [0, 0.1) is 13.8 Å². The number of aliphatic hydroxyl groups is 1. The summed E-state index contributed by atoms with van der Waals surface area (Å²) in [5, 5.41) is 19.2. The number of carbonyl (C=O) groups excluding carboxylic acids is 2. The van der Waals surface area contributed by atoms with Gasteiger partial charge in [-0.2, -0.15) is 5.10 Å². The van der Waals surface area contributed by atoms with E-state index in [2.05, 4.69) is 15.4 Å². The van der Waals surface area contributed by atoms with E-state index in [-0.39, 0.29) is 28.3 Å². The molecule has 0 radical (unpaired) electrons. The van der Waals surface area contributed by atoms with Crippen LogP contribution < -0.4 is 15.8 Å². The predicted molar refractivity (Wildman–Crippen MR) is 132 cm³/mol. The Morgan fingerprint density at radius 1 is 1.17 bits per heavy atom. The Bertz CT molecular complexity index is 1620. The van der Waals surface area contributed by atoms with Crippen molar-refractivity contribution < 1.29 is 19.4 Å². The molecule has 9 heteroatoms. The van der Waals surface area contributed by atoms with E-state index < -0.39 is 23.0 Å². The Morgan fingerprint density at radius 2 is 1.94 bits per heavy atom. The average molecular weight is 484 g/mol. The number of nitrogens with two attached hydrogens (primary N) is 1. The molecule has 2 aromatic carbocycles. The number of ether oxygens (including phenoxy) is 1. The van der Waals surface area contributed by atoms with Crippen molar-refractivity contribution in [2.75, 3.05) is 5.73 Å². The van der Waals surface area contributed by atoms with Crippen molar-refractivity contribution in [1.82, 2.24) is 19.9 Å². The van der Waals surface area contributed by atoms with E-state index in [1.54, 1.807) is 34.8 Å². The quantitative estimate of drug-likeness (QED) is 0.382. The summed E-state index contributed by atoms with van der Waals surface area (Å²) in [6, 6.07) is 12.1.